The van der Waals surface area contributed by atoms with Gasteiger partial charge in [-0.25, -0.2) is 0 Å². The van der Waals surface area contributed by atoms with Crippen molar-refractivity contribution in [3.8, 4) is 0 Å². The molecule has 0 unspecified atom stereocenters. The summed E-state index contributed by atoms with van der Waals surface area (Å²) < 4.78 is 5.53. The van der Waals surface area contributed by atoms with Gasteiger partial charge in [0.1, 0.15) is 6.61 Å². The van der Waals surface area contributed by atoms with E-state index in [0.29, 0.717) is 52.2 Å². The summed E-state index contributed by atoms with van der Waals surface area (Å²) in [4.78, 5) is 51.8. The lowest BCUT2D eigenvalue weighted by molar-refractivity contribution is -0.142. The molecule has 430 valence electrons. The number of ether oxygens (including phenoxy) is 1. The summed E-state index contributed by atoms with van der Waals surface area (Å²) in [5.74, 6) is 0.275. The van der Waals surface area contributed by atoms with Crippen molar-refractivity contribution in [2.75, 3.05) is 91.7 Å². The second-order valence-corrected chi connectivity index (χ2v) is 22.5. The number of carbonyl (C=O) groups is 3. The van der Waals surface area contributed by atoms with Crippen molar-refractivity contribution < 1.29 is 19.1 Å². The Morgan fingerprint density at radius 2 is 0.630 bits per heavy atom. The average molecular weight is 1030 g/mol. The zero-order valence-electron chi connectivity index (χ0n) is 49.7. The molecule has 0 aliphatic carbocycles. The molecule has 0 saturated carbocycles. The van der Waals surface area contributed by atoms with Crippen LogP contribution in [0.1, 0.15) is 291 Å². The molecule has 2 amide bonds. The second-order valence-electron chi connectivity index (χ2n) is 22.5. The number of piperazine rings is 1. The maximum atomic E-state index is 14.1. The van der Waals surface area contributed by atoms with Gasteiger partial charge in [-0.3, -0.25) is 24.2 Å². The Balaban J connectivity index is 2.81. The number of rotatable bonds is 55. The van der Waals surface area contributed by atoms with E-state index in [2.05, 4.69) is 55.4 Å². The largest absolute Gasteiger partial charge is 0.461 e. The molecule has 0 atom stereocenters. The van der Waals surface area contributed by atoms with Gasteiger partial charge in [-0.2, -0.15) is 0 Å². The van der Waals surface area contributed by atoms with Crippen LogP contribution >= 0.6 is 0 Å². The quantitative estimate of drug-likeness (QED) is 0.0341. The highest BCUT2D eigenvalue weighted by Gasteiger charge is 2.26. The number of carbonyl (C=O) groups excluding carboxylic acids is 3. The number of hydrogen-bond acceptors (Lipinski definition) is 7. The van der Waals surface area contributed by atoms with E-state index in [-0.39, 0.29) is 24.4 Å². The van der Waals surface area contributed by atoms with Crippen LogP contribution in [0.2, 0.25) is 0 Å². The van der Waals surface area contributed by atoms with Crippen LogP contribution in [-0.4, -0.2) is 134 Å². The molecule has 1 fully saturated rings. The van der Waals surface area contributed by atoms with Gasteiger partial charge in [-0.1, -0.05) is 259 Å². The first kappa shape index (κ1) is 69.0. The van der Waals surface area contributed by atoms with E-state index in [4.69, 9.17) is 4.74 Å². The van der Waals surface area contributed by atoms with E-state index in [9.17, 15) is 14.4 Å². The first-order valence-corrected chi connectivity index (χ1v) is 32.4. The highest BCUT2D eigenvalue weighted by molar-refractivity contribution is 5.80. The SMILES string of the molecule is CCCCCCCCCCCCCCN(C/C=C\COC(=O)CCCCCCCC)CC(=O)N1CCN(C(=O)CN(CCCCCCCCC)CCN(CCCCCCCCC)CCCCCCCCC)CC1. The summed E-state index contributed by atoms with van der Waals surface area (Å²) in [6, 6.07) is 0. The lowest BCUT2D eigenvalue weighted by Gasteiger charge is -2.37. The molecule has 1 heterocycles. The average Bonchev–Trinajstić information content (AvgIpc) is 3.39. The summed E-state index contributed by atoms with van der Waals surface area (Å²) in [5.41, 5.74) is 0. The number of unbranched alkanes of at least 4 members (excludes halogenated alkanes) is 34. The first-order chi connectivity index (χ1) is 35.9. The van der Waals surface area contributed by atoms with Crippen molar-refractivity contribution >= 4 is 17.8 Å². The van der Waals surface area contributed by atoms with E-state index >= 15 is 0 Å². The van der Waals surface area contributed by atoms with Gasteiger partial charge in [0.2, 0.25) is 11.8 Å². The minimum atomic E-state index is -0.114. The Morgan fingerprint density at radius 1 is 0.342 bits per heavy atom. The Hall–Kier alpha value is -1.97. The minimum absolute atomic E-state index is 0.114. The third-order valence-electron chi connectivity index (χ3n) is 15.6. The fourth-order valence-electron chi connectivity index (χ4n) is 10.5. The van der Waals surface area contributed by atoms with Crippen molar-refractivity contribution in [2.45, 2.75) is 291 Å². The molecule has 0 radical (unpaired) electrons. The maximum absolute atomic E-state index is 14.1. The Kier molecular flexibility index (Phi) is 50.5. The molecular weight excluding hydrogens is 903 g/mol. The Bertz CT molecular complexity index is 1220. The number of esters is 1. The predicted molar refractivity (Wildman–Crippen MR) is 316 cm³/mol. The molecule has 0 aromatic rings. The highest BCUT2D eigenvalue weighted by Crippen LogP contribution is 2.16. The lowest BCUT2D eigenvalue weighted by Crippen LogP contribution is -2.54. The molecule has 1 aliphatic rings. The Morgan fingerprint density at radius 3 is 1.00 bits per heavy atom. The topological polar surface area (TPSA) is 76.6 Å². The van der Waals surface area contributed by atoms with Crippen LogP contribution in [0.3, 0.4) is 0 Å². The summed E-state index contributed by atoms with van der Waals surface area (Å²) >= 11 is 0. The van der Waals surface area contributed by atoms with Gasteiger partial charge >= 0.3 is 5.97 Å². The van der Waals surface area contributed by atoms with E-state index in [0.717, 1.165) is 51.9 Å². The van der Waals surface area contributed by atoms with Crippen LogP contribution in [0.4, 0.5) is 0 Å². The van der Waals surface area contributed by atoms with Crippen molar-refractivity contribution in [2.24, 2.45) is 0 Å². The Labute approximate surface area is 454 Å². The summed E-state index contributed by atoms with van der Waals surface area (Å²) in [5, 5.41) is 0. The van der Waals surface area contributed by atoms with Gasteiger partial charge in [-0.15, -0.1) is 0 Å². The third-order valence-corrected chi connectivity index (χ3v) is 15.6. The zero-order valence-corrected chi connectivity index (χ0v) is 49.7. The monoisotopic (exact) mass is 1030 g/mol. The molecule has 0 aromatic heterocycles. The van der Waals surface area contributed by atoms with Gasteiger partial charge in [0, 0.05) is 52.2 Å². The fraction of sp³-hybridized carbons (Fsp3) is 0.922. The highest BCUT2D eigenvalue weighted by atomic mass is 16.5. The van der Waals surface area contributed by atoms with Gasteiger partial charge in [0.05, 0.1) is 13.1 Å². The summed E-state index contributed by atoms with van der Waals surface area (Å²) in [6.07, 6.45) is 55.0. The smallest absolute Gasteiger partial charge is 0.306 e. The molecule has 9 nitrogen and oxygen atoms in total. The molecule has 0 N–H and O–H groups in total. The molecule has 73 heavy (non-hydrogen) atoms. The zero-order chi connectivity index (χ0) is 52.9. The molecule has 1 aliphatic heterocycles. The predicted octanol–water partition coefficient (Wildman–Crippen LogP) is 16.4. The van der Waals surface area contributed by atoms with Crippen LogP contribution in [-0.2, 0) is 19.1 Å². The van der Waals surface area contributed by atoms with Gasteiger partial charge in [-0.05, 0) is 64.4 Å². The lowest BCUT2D eigenvalue weighted by atomic mass is 10.1. The second kappa shape index (κ2) is 53.4. The molecule has 1 rings (SSSR count). The van der Waals surface area contributed by atoms with Crippen molar-refractivity contribution in [3.63, 3.8) is 0 Å². The van der Waals surface area contributed by atoms with Crippen LogP contribution < -0.4 is 0 Å². The van der Waals surface area contributed by atoms with Gasteiger partial charge in [0.25, 0.3) is 0 Å². The fourth-order valence-corrected chi connectivity index (χ4v) is 10.5. The first-order valence-electron chi connectivity index (χ1n) is 32.4. The maximum Gasteiger partial charge on any atom is 0.306 e. The van der Waals surface area contributed by atoms with Crippen LogP contribution in [0.25, 0.3) is 0 Å². The molecule has 1 saturated heterocycles. The van der Waals surface area contributed by atoms with E-state index in [1.54, 1.807) is 0 Å². The molecule has 9 heteroatoms. The van der Waals surface area contributed by atoms with Crippen LogP contribution in [0, 0.1) is 0 Å². The summed E-state index contributed by atoms with van der Waals surface area (Å²) in [7, 11) is 0. The molecule has 0 spiro atoms. The van der Waals surface area contributed by atoms with Crippen LogP contribution in [0.15, 0.2) is 12.2 Å². The van der Waals surface area contributed by atoms with E-state index in [1.807, 2.05) is 15.9 Å². The van der Waals surface area contributed by atoms with E-state index in [1.165, 1.54) is 238 Å². The number of nitrogens with zero attached hydrogens (tertiary/aromatic N) is 5. The van der Waals surface area contributed by atoms with Gasteiger partial charge in [0.15, 0.2) is 0 Å². The van der Waals surface area contributed by atoms with Crippen LogP contribution in [0.5, 0.6) is 0 Å². The summed E-state index contributed by atoms with van der Waals surface area (Å²) in [6.45, 7) is 21.9. The number of amides is 2. The third kappa shape index (κ3) is 43.8. The molecule has 0 bridgehead atoms. The molecular formula is C64H125N5O4. The standard InChI is InChI=1S/C64H125N5O4/c1-6-11-16-21-26-27-28-29-30-34-39-43-50-66(52-45-46-59-73-64(72)47-40-35-25-20-15-10-5)60-62(70)68-55-57-69(58-56-68)63(71)61-67(51-44-38-33-24-19-14-9-4)54-53-65(48-41-36-31-22-17-12-7-2)49-42-37-32-23-18-13-8-3/h45-46H,6-44,47-61H2,1-5H3/b46-45-. The van der Waals surface area contributed by atoms with Crippen molar-refractivity contribution in [3.05, 3.63) is 12.2 Å². The van der Waals surface area contributed by atoms with Crippen molar-refractivity contribution in [1.29, 1.82) is 0 Å². The van der Waals surface area contributed by atoms with Gasteiger partial charge < -0.3 is 19.4 Å². The van der Waals surface area contributed by atoms with Crippen molar-refractivity contribution in [1.82, 2.24) is 24.5 Å². The van der Waals surface area contributed by atoms with E-state index < -0.39 is 0 Å². The minimum Gasteiger partial charge on any atom is -0.461 e. The molecule has 0 aromatic carbocycles. The number of hydrogen-bond donors (Lipinski definition) is 0. The normalized spacial score (nSPS) is 13.2.